The fraction of sp³-hybridized carbons (Fsp3) is 0.562. The monoisotopic (exact) mass is 292 g/mol. The number of nitrogens with one attached hydrogen (secondary N) is 1. The van der Waals surface area contributed by atoms with Gasteiger partial charge in [-0.1, -0.05) is 18.2 Å². The number of piperidine rings is 1. The van der Waals surface area contributed by atoms with Crippen LogP contribution in [0.15, 0.2) is 24.3 Å². The van der Waals surface area contributed by atoms with Gasteiger partial charge >= 0.3 is 6.09 Å². The van der Waals surface area contributed by atoms with Crippen molar-refractivity contribution >= 4 is 11.8 Å². The van der Waals surface area contributed by atoms with Gasteiger partial charge in [-0.3, -0.25) is 0 Å². The number of amides is 1. The van der Waals surface area contributed by atoms with Crippen LogP contribution < -0.4 is 5.32 Å². The Morgan fingerprint density at radius 1 is 1.33 bits per heavy atom. The molecular formula is C16H24N2O3. The van der Waals surface area contributed by atoms with Gasteiger partial charge in [0.15, 0.2) is 0 Å². The number of nitrogens with zero attached hydrogens (tertiary/aromatic N) is 1. The standard InChI is InChI=1S/C16H24N2O3/c1-3-21-16(19)18-10-8-14(9-11-18)17-15-7-5-4-6-13(15)12-20-2/h4-7,14,17H,3,8-12H2,1-2H3. The minimum atomic E-state index is -0.198. The highest BCUT2D eigenvalue weighted by atomic mass is 16.6. The summed E-state index contributed by atoms with van der Waals surface area (Å²) in [5, 5.41) is 3.57. The number of carbonyl (C=O) groups is 1. The molecule has 0 atom stereocenters. The Balaban J connectivity index is 1.87. The van der Waals surface area contributed by atoms with Crippen molar-refractivity contribution in [1.29, 1.82) is 0 Å². The number of methoxy groups -OCH3 is 1. The van der Waals surface area contributed by atoms with Crippen molar-refractivity contribution in [2.24, 2.45) is 0 Å². The molecular weight excluding hydrogens is 268 g/mol. The van der Waals surface area contributed by atoms with E-state index in [1.807, 2.05) is 19.1 Å². The maximum Gasteiger partial charge on any atom is 0.409 e. The van der Waals surface area contributed by atoms with Gasteiger partial charge in [-0.15, -0.1) is 0 Å². The average molecular weight is 292 g/mol. The second-order valence-corrected chi connectivity index (χ2v) is 5.19. The number of hydrogen-bond donors (Lipinski definition) is 1. The second kappa shape index (κ2) is 7.88. The predicted octanol–water partition coefficient (Wildman–Crippen LogP) is 2.87. The SMILES string of the molecule is CCOC(=O)N1CCC(Nc2ccccc2COC)CC1. The molecule has 0 bridgehead atoms. The first-order valence-corrected chi connectivity index (χ1v) is 7.49. The Kier molecular flexibility index (Phi) is 5.87. The molecule has 0 spiro atoms. The van der Waals surface area contributed by atoms with E-state index < -0.39 is 0 Å². The molecule has 1 fully saturated rings. The lowest BCUT2D eigenvalue weighted by Gasteiger charge is -2.32. The fourth-order valence-corrected chi connectivity index (χ4v) is 2.58. The van der Waals surface area contributed by atoms with Crippen molar-refractivity contribution in [3.05, 3.63) is 29.8 Å². The zero-order valence-electron chi connectivity index (χ0n) is 12.8. The maximum atomic E-state index is 11.7. The molecule has 2 rings (SSSR count). The fourth-order valence-electron chi connectivity index (χ4n) is 2.58. The number of carbonyl (C=O) groups excluding carboxylic acids is 1. The van der Waals surface area contributed by atoms with Gasteiger partial charge in [-0.05, 0) is 25.8 Å². The second-order valence-electron chi connectivity index (χ2n) is 5.19. The minimum absolute atomic E-state index is 0.198. The van der Waals surface area contributed by atoms with Crippen LogP contribution in [0.1, 0.15) is 25.3 Å². The van der Waals surface area contributed by atoms with Gasteiger partial charge in [0.25, 0.3) is 0 Å². The van der Waals surface area contributed by atoms with Crippen LogP contribution in [0.2, 0.25) is 0 Å². The summed E-state index contributed by atoms with van der Waals surface area (Å²) in [6.45, 7) is 4.34. The van der Waals surface area contributed by atoms with Crippen LogP contribution in [0.4, 0.5) is 10.5 Å². The van der Waals surface area contributed by atoms with Crippen LogP contribution in [0, 0.1) is 0 Å². The Morgan fingerprint density at radius 2 is 2.05 bits per heavy atom. The number of benzene rings is 1. The number of hydrogen-bond acceptors (Lipinski definition) is 4. The van der Waals surface area contributed by atoms with Crippen LogP contribution in [0.5, 0.6) is 0 Å². The molecule has 21 heavy (non-hydrogen) atoms. The highest BCUT2D eigenvalue weighted by Crippen LogP contribution is 2.21. The van der Waals surface area contributed by atoms with Crippen molar-refractivity contribution in [3.63, 3.8) is 0 Å². The Labute approximate surface area is 126 Å². The van der Waals surface area contributed by atoms with Gasteiger partial charge in [0.1, 0.15) is 0 Å². The van der Waals surface area contributed by atoms with Gasteiger partial charge in [0, 0.05) is 37.5 Å². The molecule has 1 aliphatic rings. The zero-order chi connectivity index (χ0) is 15.1. The van der Waals surface area contributed by atoms with Crippen molar-refractivity contribution in [2.45, 2.75) is 32.4 Å². The van der Waals surface area contributed by atoms with Gasteiger partial charge in [0.05, 0.1) is 13.2 Å². The predicted molar refractivity (Wildman–Crippen MR) is 82.4 cm³/mol. The molecule has 1 aromatic rings. The average Bonchev–Trinajstić information content (AvgIpc) is 2.50. The van der Waals surface area contributed by atoms with E-state index in [4.69, 9.17) is 9.47 Å². The Morgan fingerprint density at radius 3 is 2.71 bits per heavy atom. The third kappa shape index (κ3) is 4.36. The summed E-state index contributed by atoms with van der Waals surface area (Å²) in [4.78, 5) is 13.4. The highest BCUT2D eigenvalue weighted by Gasteiger charge is 2.23. The molecule has 0 radical (unpaired) electrons. The molecule has 1 N–H and O–H groups in total. The van der Waals surface area contributed by atoms with E-state index in [0.29, 0.717) is 19.3 Å². The molecule has 116 valence electrons. The quantitative estimate of drug-likeness (QED) is 0.906. The maximum absolute atomic E-state index is 11.7. The van der Waals surface area contributed by atoms with E-state index in [1.54, 1.807) is 12.0 Å². The minimum Gasteiger partial charge on any atom is -0.450 e. The normalized spacial score (nSPS) is 15.8. The molecule has 0 aliphatic carbocycles. The number of para-hydroxylation sites is 1. The number of ether oxygens (including phenoxy) is 2. The van der Waals surface area contributed by atoms with Crippen LogP contribution in [0.3, 0.4) is 0 Å². The van der Waals surface area contributed by atoms with E-state index in [2.05, 4.69) is 17.4 Å². The number of likely N-dealkylation sites (tertiary alicyclic amines) is 1. The number of anilines is 1. The molecule has 1 amide bonds. The van der Waals surface area contributed by atoms with E-state index >= 15 is 0 Å². The molecule has 1 aliphatic heterocycles. The molecule has 0 unspecified atom stereocenters. The Bertz CT molecular complexity index is 457. The molecule has 5 nitrogen and oxygen atoms in total. The molecule has 0 saturated carbocycles. The van der Waals surface area contributed by atoms with Crippen LogP contribution >= 0.6 is 0 Å². The van der Waals surface area contributed by atoms with Gasteiger partial charge in [-0.25, -0.2) is 4.79 Å². The van der Waals surface area contributed by atoms with Crippen molar-refractivity contribution in [2.75, 3.05) is 32.1 Å². The summed E-state index contributed by atoms with van der Waals surface area (Å²) in [5.41, 5.74) is 2.28. The smallest absolute Gasteiger partial charge is 0.409 e. The summed E-state index contributed by atoms with van der Waals surface area (Å²) in [6, 6.07) is 8.57. The van der Waals surface area contributed by atoms with Gasteiger partial charge in [0.2, 0.25) is 0 Å². The lowest BCUT2D eigenvalue weighted by atomic mass is 10.0. The van der Waals surface area contributed by atoms with Crippen LogP contribution in [-0.4, -0.2) is 43.8 Å². The first kappa shape index (κ1) is 15.6. The van der Waals surface area contributed by atoms with Crippen molar-refractivity contribution in [1.82, 2.24) is 4.90 Å². The molecule has 1 heterocycles. The summed E-state index contributed by atoms with van der Waals surface area (Å²) in [7, 11) is 1.70. The topological polar surface area (TPSA) is 50.8 Å². The zero-order valence-corrected chi connectivity index (χ0v) is 12.8. The highest BCUT2D eigenvalue weighted by molar-refractivity contribution is 5.67. The van der Waals surface area contributed by atoms with Crippen molar-refractivity contribution in [3.8, 4) is 0 Å². The van der Waals surface area contributed by atoms with Crippen molar-refractivity contribution < 1.29 is 14.3 Å². The van der Waals surface area contributed by atoms with E-state index in [0.717, 1.165) is 37.2 Å². The van der Waals surface area contributed by atoms with Gasteiger partial charge in [-0.2, -0.15) is 0 Å². The lowest BCUT2D eigenvalue weighted by Crippen LogP contribution is -2.42. The lowest BCUT2D eigenvalue weighted by molar-refractivity contribution is 0.0983. The summed E-state index contributed by atoms with van der Waals surface area (Å²) in [6.07, 6.45) is 1.66. The van der Waals surface area contributed by atoms with Crippen LogP contribution in [-0.2, 0) is 16.1 Å². The Hall–Kier alpha value is -1.75. The largest absolute Gasteiger partial charge is 0.450 e. The summed E-state index contributed by atoms with van der Waals surface area (Å²) < 4.78 is 10.3. The number of rotatable bonds is 5. The molecule has 1 aromatic carbocycles. The van der Waals surface area contributed by atoms with E-state index in [9.17, 15) is 4.79 Å². The third-order valence-corrected chi connectivity index (χ3v) is 3.70. The molecule has 5 heteroatoms. The first-order valence-electron chi connectivity index (χ1n) is 7.49. The third-order valence-electron chi connectivity index (χ3n) is 3.70. The summed E-state index contributed by atoms with van der Waals surface area (Å²) >= 11 is 0. The van der Waals surface area contributed by atoms with Gasteiger partial charge < -0.3 is 19.7 Å². The summed E-state index contributed by atoms with van der Waals surface area (Å²) in [5.74, 6) is 0. The van der Waals surface area contributed by atoms with Crippen LogP contribution in [0.25, 0.3) is 0 Å². The van der Waals surface area contributed by atoms with E-state index in [1.165, 1.54) is 0 Å². The molecule has 1 saturated heterocycles. The van der Waals surface area contributed by atoms with E-state index in [-0.39, 0.29) is 6.09 Å². The molecule has 0 aromatic heterocycles. The first-order chi connectivity index (χ1) is 10.2.